The number of hydrogen-bond donors (Lipinski definition) is 1. The molecule has 0 amide bonds. The minimum atomic E-state index is -0.271. The van der Waals surface area contributed by atoms with Crippen molar-refractivity contribution in [2.45, 2.75) is 13.3 Å². The zero-order chi connectivity index (χ0) is 13.8. The first-order valence-corrected chi connectivity index (χ1v) is 6.39. The second kappa shape index (κ2) is 5.74. The SMILES string of the molecule is Cc1ccccc1CCN(C)c1c(N)cccc1F. The van der Waals surface area contributed by atoms with E-state index < -0.39 is 0 Å². The second-order valence-corrected chi connectivity index (χ2v) is 4.78. The van der Waals surface area contributed by atoms with Crippen molar-refractivity contribution in [1.82, 2.24) is 0 Å². The quantitative estimate of drug-likeness (QED) is 0.852. The van der Waals surface area contributed by atoms with Gasteiger partial charge in [-0.3, -0.25) is 0 Å². The predicted molar refractivity (Wildman–Crippen MR) is 79.0 cm³/mol. The third-order valence-corrected chi connectivity index (χ3v) is 3.38. The Balaban J connectivity index is 2.10. The summed E-state index contributed by atoms with van der Waals surface area (Å²) in [4.78, 5) is 1.87. The van der Waals surface area contributed by atoms with Crippen molar-refractivity contribution in [3.63, 3.8) is 0 Å². The van der Waals surface area contributed by atoms with E-state index in [1.807, 2.05) is 24.1 Å². The maximum absolute atomic E-state index is 13.8. The van der Waals surface area contributed by atoms with Crippen molar-refractivity contribution in [3.8, 4) is 0 Å². The molecule has 0 aliphatic heterocycles. The highest BCUT2D eigenvalue weighted by Crippen LogP contribution is 2.25. The fourth-order valence-electron chi connectivity index (χ4n) is 2.23. The van der Waals surface area contributed by atoms with E-state index >= 15 is 0 Å². The number of nitrogen functional groups attached to an aromatic ring is 1. The molecular weight excluding hydrogens is 239 g/mol. The number of anilines is 2. The van der Waals surface area contributed by atoms with Gasteiger partial charge in [0, 0.05) is 13.6 Å². The normalized spacial score (nSPS) is 10.5. The van der Waals surface area contributed by atoms with Crippen molar-refractivity contribution >= 4 is 11.4 Å². The van der Waals surface area contributed by atoms with Gasteiger partial charge in [-0.25, -0.2) is 4.39 Å². The molecule has 100 valence electrons. The number of aryl methyl sites for hydroxylation is 1. The summed E-state index contributed by atoms with van der Waals surface area (Å²) in [5.41, 5.74) is 9.34. The lowest BCUT2D eigenvalue weighted by Crippen LogP contribution is -2.22. The Kier molecular flexibility index (Phi) is 4.05. The molecule has 2 N–H and O–H groups in total. The van der Waals surface area contributed by atoms with Gasteiger partial charge in [-0.05, 0) is 36.6 Å². The van der Waals surface area contributed by atoms with Gasteiger partial charge < -0.3 is 10.6 Å². The molecule has 0 radical (unpaired) electrons. The molecule has 0 atom stereocenters. The average molecular weight is 258 g/mol. The Hall–Kier alpha value is -2.03. The second-order valence-electron chi connectivity index (χ2n) is 4.78. The highest BCUT2D eigenvalue weighted by Gasteiger charge is 2.11. The molecule has 2 aromatic rings. The average Bonchev–Trinajstić information content (AvgIpc) is 2.37. The van der Waals surface area contributed by atoms with Crippen LogP contribution in [0.15, 0.2) is 42.5 Å². The van der Waals surface area contributed by atoms with Gasteiger partial charge in [-0.15, -0.1) is 0 Å². The van der Waals surface area contributed by atoms with Gasteiger partial charge in [0.25, 0.3) is 0 Å². The number of nitrogens with two attached hydrogens (primary N) is 1. The van der Waals surface area contributed by atoms with Crippen LogP contribution in [0.1, 0.15) is 11.1 Å². The lowest BCUT2D eigenvalue weighted by Gasteiger charge is -2.22. The lowest BCUT2D eigenvalue weighted by molar-refractivity contribution is 0.623. The molecule has 0 heterocycles. The number of para-hydroxylation sites is 1. The molecule has 0 saturated carbocycles. The van der Waals surface area contributed by atoms with Gasteiger partial charge in [-0.1, -0.05) is 30.3 Å². The van der Waals surface area contributed by atoms with E-state index in [-0.39, 0.29) is 5.82 Å². The number of benzene rings is 2. The fourth-order valence-corrected chi connectivity index (χ4v) is 2.23. The van der Waals surface area contributed by atoms with Crippen LogP contribution in [0.4, 0.5) is 15.8 Å². The molecule has 0 spiro atoms. The Morgan fingerprint density at radius 2 is 1.84 bits per heavy atom. The van der Waals surface area contributed by atoms with E-state index in [9.17, 15) is 4.39 Å². The molecule has 0 fully saturated rings. The molecule has 0 aliphatic carbocycles. The summed E-state index contributed by atoms with van der Waals surface area (Å²) < 4.78 is 13.8. The van der Waals surface area contributed by atoms with Crippen LogP contribution in [0.25, 0.3) is 0 Å². The predicted octanol–water partition coefficient (Wildman–Crippen LogP) is 3.40. The maximum atomic E-state index is 13.8. The number of likely N-dealkylation sites (N-methyl/N-ethyl adjacent to an activating group) is 1. The maximum Gasteiger partial charge on any atom is 0.148 e. The molecule has 0 bridgehead atoms. The van der Waals surface area contributed by atoms with Crippen molar-refractivity contribution in [2.24, 2.45) is 0 Å². The molecule has 0 unspecified atom stereocenters. The fraction of sp³-hybridized carbons (Fsp3) is 0.250. The Labute approximate surface area is 113 Å². The molecule has 19 heavy (non-hydrogen) atoms. The third-order valence-electron chi connectivity index (χ3n) is 3.38. The van der Waals surface area contributed by atoms with Gasteiger partial charge in [0.15, 0.2) is 0 Å². The standard InChI is InChI=1S/C16H19FN2/c1-12-6-3-4-7-13(12)10-11-19(2)16-14(17)8-5-9-15(16)18/h3-9H,10-11,18H2,1-2H3. The summed E-state index contributed by atoms with van der Waals surface area (Å²) in [5, 5.41) is 0. The highest BCUT2D eigenvalue weighted by molar-refractivity contribution is 5.67. The minimum Gasteiger partial charge on any atom is -0.397 e. The van der Waals surface area contributed by atoms with Crippen LogP contribution < -0.4 is 10.6 Å². The largest absolute Gasteiger partial charge is 0.397 e. The number of rotatable bonds is 4. The monoisotopic (exact) mass is 258 g/mol. The van der Waals surface area contributed by atoms with Crippen LogP contribution in [-0.4, -0.2) is 13.6 Å². The van der Waals surface area contributed by atoms with Crippen LogP contribution in [0.3, 0.4) is 0 Å². The van der Waals surface area contributed by atoms with Gasteiger partial charge >= 0.3 is 0 Å². The molecule has 2 nitrogen and oxygen atoms in total. The van der Waals surface area contributed by atoms with Gasteiger partial charge in [0.1, 0.15) is 5.82 Å². The van der Waals surface area contributed by atoms with Gasteiger partial charge in [-0.2, -0.15) is 0 Å². The summed E-state index contributed by atoms with van der Waals surface area (Å²) in [6, 6.07) is 13.0. The molecule has 2 aromatic carbocycles. The Bertz CT molecular complexity index is 546. The summed E-state index contributed by atoms with van der Waals surface area (Å²) in [5.74, 6) is -0.271. The number of nitrogens with zero attached hydrogens (tertiary/aromatic N) is 1. The van der Waals surface area contributed by atoms with Crippen LogP contribution >= 0.6 is 0 Å². The van der Waals surface area contributed by atoms with E-state index in [0.29, 0.717) is 11.4 Å². The molecule has 0 saturated heterocycles. The zero-order valence-corrected chi connectivity index (χ0v) is 11.4. The topological polar surface area (TPSA) is 29.3 Å². The van der Waals surface area contributed by atoms with Crippen LogP contribution in [-0.2, 0) is 6.42 Å². The Morgan fingerprint density at radius 3 is 2.53 bits per heavy atom. The summed E-state index contributed by atoms with van der Waals surface area (Å²) in [6.45, 7) is 2.82. The number of halogens is 1. The lowest BCUT2D eigenvalue weighted by atomic mass is 10.1. The van der Waals surface area contributed by atoms with E-state index in [1.165, 1.54) is 17.2 Å². The first kappa shape index (κ1) is 13.4. The van der Waals surface area contributed by atoms with Crippen LogP contribution in [0, 0.1) is 12.7 Å². The van der Waals surface area contributed by atoms with Crippen molar-refractivity contribution in [2.75, 3.05) is 24.2 Å². The zero-order valence-electron chi connectivity index (χ0n) is 11.4. The molecule has 0 aromatic heterocycles. The summed E-state index contributed by atoms with van der Waals surface area (Å²) in [7, 11) is 1.87. The van der Waals surface area contributed by atoms with Crippen molar-refractivity contribution in [3.05, 3.63) is 59.4 Å². The van der Waals surface area contributed by atoms with E-state index in [0.717, 1.165) is 13.0 Å². The molecule has 2 rings (SSSR count). The first-order chi connectivity index (χ1) is 9.09. The third kappa shape index (κ3) is 3.05. The smallest absolute Gasteiger partial charge is 0.148 e. The van der Waals surface area contributed by atoms with Crippen LogP contribution in [0.2, 0.25) is 0 Å². The summed E-state index contributed by atoms with van der Waals surface area (Å²) in [6.07, 6.45) is 0.872. The minimum absolute atomic E-state index is 0.271. The molecular formula is C16H19FN2. The van der Waals surface area contributed by atoms with Gasteiger partial charge in [0.2, 0.25) is 0 Å². The number of hydrogen-bond acceptors (Lipinski definition) is 2. The van der Waals surface area contributed by atoms with E-state index in [4.69, 9.17) is 5.73 Å². The van der Waals surface area contributed by atoms with E-state index in [1.54, 1.807) is 12.1 Å². The van der Waals surface area contributed by atoms with E-state index in [2.05, 4.69) is 19.1 Å². The van der Waals surface area contributed by atoms with Gasteiger partial charge in [0.05, 0.1) is 11.4 Å². The highest BCUT2D eigenvalue weighted by atomic mass is 19.1. The van der Waals surface area contributed by atoms with Crippen LogP contribution in [0.5, 0.6) is 0 Å². The van der Waals surface area contributed by atoms with Crippen molar-refractivity contribution < 1.29 is 4.39 Å². The first-order valence-electron chi connectivity index (χ1n) is 6.39. The molecule has 0 aliphatic rings. The van der Waals surface area contributed by atoms with Crippen molar-refractivity contribution in [1.29, 1.82) is 0 Å². The molecule has 3 heteroatoms. The Morgan fingerprint density at radius 1 is 1.11 bits per heavy atom. The summed E-state index contributed by atoms with van der Waals surface area (Å²) >= 11 is 0.